The molecule has 0 fully saturated rings. The average Bonchev–Trinajstić information content (AvgIpc) is 2.66. The van der Waals surface area contributed by atoms with Crippen molar-refractivity contribution < 1.29 is 48.9 Å². The van der Waals surface area contributed by atoms with E-state index in [0.717, 1.165) is 0 Å². The Balaban J connectivity index is 5.52. The van der Waals surface area contributed by atoms with Gasteiger partial charge in [0.05, 0.1) is 18.9 Å². The van der Waals surface area contributed by atoms with Gasteiger partial charge in [0, 0.05) is 6.42 Å². The summed E-state index contributed by atoms with van der Waals surface area (Å²) in [6, 6.07) is -5.86. The first-order valence-electron chi connectivity index (χ1n) is 9.77. The van der Waals surface area contributed by atoms with Crippen LogP contribution in [-0.2, 0) is 33.6 Å². The van der Waals surface area contributed by atoms with Crippen LogP contribution in [0.25, 0.3) is 0 Å². The number of aliphatic carboxylic acids is 3. The Morgan fingerprint density at radius 1 is 0.727 bits per heavy atom. The quantitative estimate of drug-likeness (QED) is 0.116. The zero-order valence-electron chi connectivity index (χ0n) is 18.1. The molecule has 0 aromatic rings. The number of amides is 4. The maximum Gasteiger partial charge on any atom is 0.305 e. The number of carbonyl (C=O) groups excluding carboxylic acids is 4. The summed E-state index contributed by atoms with van der Waals surface area (Å²) in [5, 5.41) is 33.0. The largest absolute Gasteiger partial charge is 0.481 e. The summed E-state index contributed by atoms with van der Waals surface area (Å²) in [4.78, 5) is 81.3. The minimum absolute atomic E-state index is 0.401. The second-order valence-electron chi connectivity index (χ2n) is 7.49. The van der Waals surface area contributed by atoms with Crippen molar-refractivity contribution in [2.75, 3.05) is 0 Å². The third kappa shape index (κ3) is 11.4. The molecule has 186 valence electrons. The van der Waals surface area contributed by atoms with Crippen molar-refractivity contribution >= 4 is 41.5 Å². The van der Waals surface area contributed by atoms with Crippen molar-refractivity contribution in [3.05, 3.63) is 0 Å². The smallest absolute Gasteiger partial charge is 0.305 e. The van der Waals surface area contributed by atoms with Crippen LogP contribution in [0.5, 0.6) is 0 Å². The summed E-state index contributed by atoms with van der Waals surface area (Å²) in [5.41, 5.74) is 10.5. The van der Waals surface area contributed by atoms with Gasteiger partial charge in [0.25, 0.3) is 0 Å². The molecule has 15 nitrogen and oxygen atoms in total. The van der Waals surface area contributed by atoms with E-state index in [1.165, 1.54) is 13.8 Å². The Kier molecular flexibility index (Phi) is 12.1. The molecule has 0 heterocycles. The van der Waals surface area contributed by atoms with Gasteiger partial charge in [-0.25, -0.2) is 0 Å². The molecule has 0 radical (unpaired) electrons. The minimum Gasteiger partial charge on any atom is -0.481 e. The van der Waals surface area contributed by atoms with Gasteiger partial charge in [-0.2, -0.15) is 0 Å². The minimum atomic E-state index is -1.55. The monoisotopic (exact) mass is 475 g/mol. The third-order valence-electron chi connectivity index (χ3n) is 4.30. The van der Waals surface area contributed by atoms with Crippen molar-refractivity contribution in [3.8, 4) is 0 Å². The molecule has 0 unspecified atom stereocenters. The molecule has 15 heteroatoms. The van der Waals surface area contributed by atoms with E-state index in [1.54, 1.807) is 0 Å². The molecule has 0 saturated heterocycles. The van der Waals surface area contributed by atoms with Crippen LogP contribution >= 0.6 is 0 Å². The lowest BCUT2D eigenvalue weighted by Gasteiger charge is -2.26. The number of primary amides is 1. The Hall–Kier alpha value is -3.75. The van der Waals surface area contributed by atoms with E-state index in [9.17, 15) is 33.6 Å². The second-order valence-corrected chi connectivity index (χ2v) is 7.49. The molecule has 0 aliphatic rings. The lowest BCUT2D eigenvalue weighted by Crippen LogP contribution is -2.59. The van der Waals surface area contributed by atoms with Crippen LogP contribution in [0.1, 0.15) is 39.5 Å². The zero-order chi connectivity index (χ0) is 25.9. The molecule has 0 bridgehead atoms. The highest BCUT2D eigenvalue weighted by Gasteiger charge is 2.32. The Labute approximate surface area is 188 Å². The van der Waals surface area contributed by atoms with Crippen LogP contribution < -0.4 is 27.4 Å². The molecule has 0 aromatic carbocycles. The summed E-state index contributed by atoms with van der Waals surface area (Å²) in [6.07, 6.45) is -2.48. The molecule has 0 spiro atoms. The average molecular weight is 475 g/mol. The van der Waals surface area contributed by atoms with Gasteiger partial charge in [-0.1, -0.05) is 13.8 Å². The zero-order valence-corrected chi connectivity index (χ0v) is 18.1. The maximum absolute atomic E-state index is 12.7. The predicted octanol–water partition coefficient (Wildman–Crippen LogP) is -3.28. The standard InChI is InChI=1S/C18H29N5O10/c1-7(2)14(18(33)22-10(15(20)30)6-13(28)29)23-17(32)9(3-4-11(24)25)21-16(31)8(19)5-12(26)27/h7-10,14H,3-6,19H2,1-2H3,(H2,20,30)(H,21,31)(H,22,33)(H,23,32)(H,24,25)(H,26,27)(H,28,29)/t8-,9-,10-,14-/m0/s1. The van der Waals surface area contributed by atoms with Crippen molar-refractivity contribution in [1.82, 2.24) is 16.0 Å². The van der Waals surface area contributed by atoms with E-state index in [4.69, 9.17) is 26.8 Å². The summed E-state index contributed by atoms with van der Waals surface area (Å²) < 4.78 is 0. The number of nitrogens with one attached hydrogen (secondary N) is 3. The van der Waals surface area contributed by atoms with Gasteiger partial charge in [0.1, 0.15) is 18.1 Å². The van der Waals surface area contributed by atoms with Gasteiger partial charge in [0.2, 0.25) is 23.6 Å². The molecule has 0 aliphatic carbocycles. The predicted molar refractivity (Wildman–Crippen MR) is 109 cm³/mol. The number of carboxylic acid groups (broad SMARTS) is 3. The molecule has 0 rings (SSSR count). The van der Waals surface area contributed by atoms with E-state index in [0.29, 0.717) is 0 Å². The maximum atomic E-state index is 12.7. The highest BCUT2D eigenvalue weighted by Crippen LogP contribution is 2.07. The molecule has 4 atom stereocenters. The van der Waals surface area contributed by atoms with Crippen LogP contribution in [0.4, 0.5) is 0 Å². The number of hydrogen-bond donors (Lipinski definition) is 8. The van der Waals surface area contributed by atoms with E-state index in [1.807, 2.05) is 0 Å². The van der Waals surface area contributed by atoms with Crippen molar-refractivity contribution in [3.63, 3.8) is 0 Å². The van der Waals surface area contributed by atoms with E-state index < -0.39 is 97.3 Å². The Bertz CT molecular complexity index is 785. The fourth-order valence-electron chi connectivity index (χ4n) is 2.54. The van der Waals surface area contributed by atoms with Gasteiger partial charge >= 0.3 is 17.9 Å². The summed E-state index contributed by atoms with van der Waals surface area (Å²) in [5.74, 6) is -8.69. The van der Waals surface area contributed by atoms with Crippen LogP contribution in [-0.4, -0.2) is 81.0 Å². The fraction of sp³-hybridized carbons (Fsp3) is 0.611. The first-order valence-corrected chi connectivity index (χ1v) is 9.77. The fourth-order valence-corrected chi connectivity index (χ4v) is 2.54. The SMILES string of the molecule is CC(C)[C@H](NC(=O)[C@H](CCC(=O)O)NC(=O)[C@@H](N)CC(=O)O)C(=O)N[C@@H](CC(=O)O)C(N)=O. The normalized spacial score (nSPS) is 14.3. The molecular formula is C18H29N5O10. The Morgan fingerprint density at radius 3 is 1.67 bits per heavy atom. The summed E-state index contributed by atoms with van der Waals surface area (Å²) in [7, 11) is 0. The molecule has 33 heavy (non-hydrogen) atoms. The van der Waals surface area contributed by atoms with E-state index >= 15 is 0 Å². The molecule has 10 N–H and O–H groups in total. The second kappa shape index (κ2) is 13.6. The van der Waals surface area contributed by atoms with Gasteiger partial charge in [-0.3, -0.25) is 33.6 Å². The van der Waals surface area contributed by atoms with Crippen LogP contribution in [0, 0.1) is 5.92 Å². The van der Waals surface area contributed by atoms with Crippen LogP contribution in [0.15, 0.2) is 0 Å². The van der Waals surface area contributed by atoms with Gasteiger partial charge in [0.15, 0.2) is 0 Å². The Morgan fingerprint density at radius 2 is 1.24 bits per heavy atom. The first kappa shape index (κ1) is 29.2. The number of carbonyl (C=O) groups is 7. The third-order valence-corrected chi connectivity index (χ3v) is 4.30. The van der Waals surface area contributed by atoms with Crippen molar-refractivity contribution in [2.24, 2.45) is 17.4 Å². The summed E-state index contributed by atoms with van der Waals surface area (Å²) >= 11 is 0. The number of rotatable bonds is 15. The molecule has 0 aromatic heterocycles. The number of nitrogens with two attached hydrogens (primary N) is 2. The van der Waals surface area contributed by atoms with Gasteiger partial charge in [-0.15, -0.1) is 0 Å². The first-order chi connectivity index (χ1) is 15.1. The van der Waals surface area contributed by atoms with E-state index in [2.05, 4.69) is 16.0 Å². The topological polar surface area (TPSA) is 268 Å². The molecular weight excluding hydrogens is 446 g/mol. The lowest BCUT2D eigenvalue weighted by molar-refractivity contribution is -0.141. The van der Waals surface area contributed by atoms with E-state index in [-0.39, 0.29) is 0 Å². The van der Waals surface area contributed by atoms with Crippen LogP contribution in [0.2, 0.25) is 0 Å². The van der Waals surface area contributed by atoms with Crippen molar-refractivity contribution in [1.29, 1.82) is 0 Å². The number of carboxylic acids is 3. The summed E-state index contributed by atoms with van der Waals surface area (Å²) in [6.45, 7) is 3.04. The number of hydrogen-bond acceptors (Lipinski definition) is 8. The molecule has 0 saturated carbocycles. The van der Waals surface area contributed by atoms with Crippen molar-refractivity contribution in [2.45, 2.75) is 63.7 Å². The highest BCUT2D eigenvalue weighted by atomic mass is 16.4. The van der Waals surface area contributed by atoms with Crippen LogP contribution in [0.3, 0.4) is 0 Å². The van der Waals surface area contributed by atoms with Gasteiger partial charge < -0.3 is 42.7 Å². The highest BCUT2D eigenvalue weighted by molar-refractivity contribution is 5.96. The lowest BCUT2D eigenvalue weighted by atomic mass is 10.0. The molecule has 4 amide bonds. The van der Waals surface area contributed by atoms with Gasteiger partial charge in [-0.05, 0) is 12.3 Å². The molecule has 0 aliphatic heterocycles.